The lowest BCUT2D eigenvalue weighted by Gasteiger charge is -2.60. The fourth-order valence-corrected chi connectivity index (χ4v) is 6.71. The molecule has 0 amide bonds. The number of benzene rings is 1. The summed E-state index contributed by atoms with van der Waals surface area (Å²) in [5.74, 6) is 4.38. The van der Waals surface area contributed by atoms with Crippen molar-refractivity contribution in [2.45, 2.75) is 45.1 Å². The van der Waals surface area contributed by atoms with Crippen molar-refractivity contribution in [1.29, 1.82) is 0 Å². The van der Waals surface area contributed by atoms with E-state index in [2.05, 4.69) is 35.2 Å². The van der Waals surface area contributed by atoms with Gasteiger partial charge >= 0.3 is 0 Å². The first-order valence-corrected chi connectivity index (χ1v) is 9.08. The van der Waals surface area contributed by atoms with Crippen LogP contribution in [0.25, 0.3) is 0 Å². The Hall–Kier alpha value is -0.820. The summed E-state index contributed by atoms with van der Waals surface area (Å²) in [6.45, 7) is 3.92. The van der Waals surface area contributed by atoms with Gasteiger partial charge in [0.15, 0.2) is 0 Å². The molecule has 4 aliphatic carbocycles. The van der Waals surface area contributed by atoms with Gasteiger partial charge in [0.2, 0.25) is 0 Å². The smallest absolute Gasteiger partial charge is 0.0233 e. The van der Waals surface area contributed by atoms with Gasteiger partial charge in [-0.05, 0) is 79.7 Å². The zero-order valence-electron chi connectivity index (χ0n) is 13.0. The molecule has 1 saturated heterocycles. The summed E-state index contributed by atoms with van der Waals surface area (Å²) in [5.41, 5.74) is 2.22. The topological polar surface area (TPSA) is 3.24 Å². The molecule has 0 aromatic heterocycles. The van der Waals surface area contributed by atoms with Crippen LogP contribution in [0.2, 0.25) is 0 Å². The van der Waals surface area contributed by atoms with Gasteiger partial charge in [-0.25, -0.2) is 0 Å². The molecule has 5 fully saturated rings. The SMILES string of the molecule is c1ccc(CN2CCC3(C2)C2CC4CC(C2)CC3C4)cc1. The third-order valence-corrected chi connectivity index (χ3v) is 7.42. The first-order valence-electron chi connectivity index (χ1n) is 9.08. The van der Waals surface area contributed by atoms with E-state index in [0.29, 0.717) is 0 Å². The van der Waals surface area contributed by atoms with Gasteiger partial charge in [-0.2, -0.15) is 0 Å². The molecule has 5 aliphatic rings. The Balaban J connectivity index is 1.35. The fourth-order valence-electron chi connectivity index (χ4n) is 6.71. The van der Waals surface area contributed by atoms with Gasteiger partial charge in [0, 0.05) is 13.1 Å². The van der Waals surface area contributed by atoms with Crippen molar-refractivity contribution in [3.05, 3.63) is 35.9 Å². The summed E-state index contributed by atoms with van der Waals surface area (Å²) in [7, 11) is 0. The van der Waals surface area contributed by atoms with Crippen LogP contribution in [-0.2, 0) is 6.54 Å². The van der Waals surface area contributed by atoms with Gasteiger partial charge in [0.1, 0.15) is 0 Å². The highest BCUT2D eigenvalue weighted by atomic mass is 15.2. The lowest BCUT2D eigenvalue weighted by molar-refractivity contribution is -0.102. The Kier molecular flexibility index (Phi) is 2.77. The third-order valence-electron chi connectivity index (χ3n) is 7.42. The molecular formula is C20H27N. The Morgan fingerprint density at radius 1 is 0.905 bits per heavy atom. The first kappa shape index (κ1) is 12.7. The number of rotatable bonds is 2. The average molecular weight is 281 g/mol. The van der Waals surface area contributed by atoms with Crippen LogP contribution in [-0.4, -0.2) is 18.0 Å². The number of hydrogen-bond donors (Lipinski definition) is 0. The average Bonchev–Trinajstić information content (AvgIpc) is 2.90. The highest BCUT2D eigenvalue weighted by Crippen LogP contribution is 2.64. The second-order valence-electron chi connectivity index (χ2n) is 8.48. The van der Waals surface area contributed by atoms with Crippen molar-refractivity contribution in [2.75, 3.05) is 13.1 Å². The molecule has 1 nitrogen and oxygen atoms in total. The Morgan fingerprint density at radius 2 is 1.57 bits per heavy atom. The number of hydrogen-bond acceptors (Lipinski definition) is 1. The molecule has 0 radical (unpaired) electrons. The van der Waals surface area contributed by atoms with Gasteiger partial charge in [-0.3, -0.25) is 4.90 Å². The summed E-state index contributed by atoms with van der Waals surface area (Å²) in [6, 6.07) is 11.1. The fraction of sp³-hybridized carbons (Fsp3) is 0.700. The van der Waals surface area contributed by atoms with Gasteiger partial charge in [-0.1, -0.05) is 30.3 Å². The van der Waals surface area contributed by atoms with E-state index in [0.717, 1.165) is 29.1 Å². The molecule has 4 saturated carbocycles. The Morgan fingerprint density at radius 3 is 2.24 bits per heavy atom. The largest absolute Gasteiger partial charge is 0.298 e. The molecule has 4 bridgehead atoms. The molecule has 1 heteroatoms. The van der Waals surface area contributed by atoms with Crippen LogP contribution in [0.3, 0.4) is 0 Å². The first-order chi connectivity index (χ1) is 10.3. The van der Waals surface area contributed by atoms with E-state index in [1.807, 2.05) is 0 Å². The number of nitrogens with zero attached hydrogens (tertiary/aromatic N) is 1. The minimum absolute atomic E-state index is 0.724. The van der Waals surface area contributed by atoms with E-state index in [1.165, 1.54) is 31.6 Å². The molecule has 6 rings (SSSR count). The predicted molar refractivity (Wildman–Crippen MR) is 85.8 cm³/mol. The second-order valence-corrected chi connectivity index (χ2v) is 8.48. The Bertz CT molecular complexity index is 492. The van der Waals surface area contributed by atoms with Crippen molar-refractivity contribution in [3.8, 4) is 0 Å². The molecule has 0 unspecified atom stereocenters. The lowest BCUT2D eigenvalue weighted by Crippen LogP contribution is -2.53. The standard InChI is InChI=1S/C20H27N/c1-2-4-15(5-3-1)13-21-7-6-20(14-21)18-9-16-8-17(11-18)12-19(20)10-16/h1-5,16-19H,6-14H2. The predicted octanol–water partition coefficient (Wildman–Crippen LogP) is 4.33. The zero-order chi connectivity index (χ0) is 13.9. The molecule has 1 aromatic carbocycles. The summed E-state index contributed by atoms with van der Waals surface area (Å²) in [4.78, 5) is 2.76. The van der Waals surface area contributed by atoms with Gasteiger partial charge < -0.3 is 0 Å². The molecule has 1 aromatic rings. The summed E-state index contributed by atoms with van der Waals surface area (Å²) in [6.07, 6.45) is 9.38. The lowest BCUT2D eigenvalue weighted by atomic mass is 9.45. The molecule has 21 heavy (non-hydrogen) atoms. The highest BCUT2D eigenvalue weighted by Gasteiger charge is 2.58. The maximum absolute atomic E-state index is 2.76. The minimum atomic E-state index is 0.724. The monoisotopic (exact) mass is 281 g/mol. The van der Waals surface area contributed by atoms with E-state index in [9.17, 15) is 0 Å². The van der Waals surface area contributed by atoms with Crippen molar-refractivity contribution >= 4 is 0 Å². The van der Waals surface area contributed by atoms with Crippen molar-refractivity contribution in [1.82, 2.24) is 4.90 Å². The van der Waals surface area contributed by atoms with Gasteiger partial charge in [0.05, 0.1) is 0 Å². The highest BCUT2D eigenvalue weighted by molar-refractivity contribution is 5.16. The summed E-state index contributed by atoms with van der Waals surface area (Å²) in [5, 5.41) is 0. The molecule has 0 atom stereocenters. The maximum Gasteiger partial charge on any atom is 0.0233 e. The Labute approximate surface area is 128 Å². The molecule has 1 heterocycles. The van der Waals surface area contributed by atoms with Gasteiger partial charge in [-0.15, -0.1) is 0 Å². The van der Waals surface area contributed by atoms with E-state index in [1.54, 1.807) is 32.1 Å². The molecular weight excluding hydrogens is 254 g/mol. The quantitative estimate of drug-likeness (QED) is 0.779. The van der Waals surface area contributed by atoms with Crippen LogP contribution in [0.15, 0.2) is 30.3 Å². The summed E-state index contributed by atoms with van der Waals surface area (Å²) >= 11 is 0. The van der Waals surface area contributed by atoms with E-state index < -0.39 is 0 Å². The third kappa shape index (κ3) is 1.93. The molecule has 1 aliphatic heterocycles. The van der Waals surface area contributed by atoms with Crippen molar-refractivity contribution < 1.29 is 0 Å². The van der Waals surface area contributed by atoms with Crippen LogP contribution in [0.4, 0.5) is 0 Å². The van der Waals surface area contributed by atoms with E-state index in [4.69, 9.17) is 0 Å². The van der Waals surface area contributed by atoms with Crippen LogP contribution in [0.5, 0.6) is 0 Å². The van der Waals surface area contributed by atoms with Crippen LogP contribution >= 0.6 is 0 Å². The normalized spacial score (nSPS) is 44.8. The number of likely N-dealkylation sites (tertiary alicyclic amines) is 1. The maximum atomic E-state index is 2.76. The van der Waals surface area contributed by atoms with Crippen LogP contribution in [0.1, 0.15) is 44.1 Å². The molecule has 112 valence electrons. The summed E-state index contributed by atoms with van der Waals surface area (Å²) < 4.78 is 0. The molecule has 0 N–H and O–H groups in total. The van der Waals surface area contributed by atoms with E-state index in [-0.39, 0.29) is 0 Å². The zero-order valence-corrected chi connectivity index (χ0v) is 13.0. The van der Waals surface area contributed by atoms with Gasteiger partial charge in [0.25, 0.3) is 0 Å². The molecule has 1 spiro atoms. The van der Waals surface area contributed by atoms with Crippen molar-refractivity contribution in [2.24, 2.45) is 29.1 Å². The van der Waals surface area contributed by atoms with Crippen LogP contribution < -0.4 is 0 Å². The minimum Gasteiger partial charge on any atom is -0.298 e. The second kappa shape index (κ2) is 4.59. The van der Waals surface area contributed by atoms with Crippen LogP contribution in [0, 0.1) is 29.1 Å². The van der Waals surface area contributed by atoms with Crippen molar-refractivity contribution in [3.63, 3.8) is 0 Å². The van der Waals surface area contributed by atoms with E-state index >= 15 is 0 Å².